The van der Waals surface area contributed by atoms with Gasteiger partial charge in [0.05, 0.1) is 0 Å². The Hall–Kier alpha value is -0.0700. The number of hydrogen-bond donors (Lipinski definition) is 0. The molecule has 1 heteroatoms. The first-order valence-electron chi connectivity index (χ1n) is 4.19. The fourth-order valence-corrected chi connectivity index (χ4v) is 1.83. The molecule has 1 aliphatic rings. The van der Waals surface area contributed by atoms with Gasteiger partial charge in [0.1, 0.15) is 5.67 Å². The molecule has 10 heavy (non-hydrogen) atoms. The van der Waals surface area contributed by atoms with Crippen LogP contribution in [-0.4, -0.2) is 5.67 Å². The molecular weight excluding hydrogens is 127 g/mol. The van der Waals surface area contributed by atoms with Crippen LogP contribution in [0.3, 0.4) is 0 Å². The van der Waals surface area contributed by atoms with Gasteiger partial charge in [0.15, 0.2) is 0 Å². The van der Waals surface area contributed by atoms with E-state index in [1.54, 1.807) is 13.8 Å². The molecule has 0 amide bonds. The van der Waals surface area contributed by atoms with Crippen LogP contribution in [0.15, 0.2) is 0 Å². The van der Waals surface area contributed by atoms with E-state index < -0.39 is 5.67 Å². The summed E-state index contributed by atoms with van der Waals surface area (Å²) in [5.41, 5.74) is -0.940. The Labute approximate surface area is 62.8 Å². The Morgan fingerprint density at radius 3 is 2.10 bits per heavy atom. The summed E-state index contributed by atoms with van der Waals surface area (Å²) < 4.78 is 13.3. The first-order valence-corrected chi connectivity index (χ1v) is 4.19. The first kappa shape index (κ1) is 8.03. The van der Waals surface area contributed by atoms with Gasteiger partial charge in [-0.25, -0.2) is 4.39 Å². The Morgan fingerprint density at radius 2 is 1.90 bits per heavy atom. The predicted molar refractivity (Wildman–Crippen MR) is 41.7 cm³/mol. The van der Waals surface area contributed by atoms with Gasteiger partial charge >= 0.3 is 0 Å². The molecule has 1 saturated carbocycles. The van der Waals surface area contributed by atoms with E-state index in [1.807, 2.05) is 0 Å². The lowest BCUT2D eigenvalue weighted by molar-refractivity contribution is 0.125. The standard InChI is InChI=1S/C9H17F/c1-7-4-5-8(6-7)9(2,3)10/h7-8H,4-6H2,1-3H3/t7-,8+/m0/s1. The van der Waals surface area contributed by atoms with Crippen LogP contribution >= 0.6 is 0 Å². The maximum Gasteiger partial charge on any atom is 0.108 e. The third-order valence-corrected chi connectivity index (χ3v) is 2.67. The lowest BCUT2D eigenvalue weighted by Gasteiger charge is -2.22. The van der Waals surface area contributed by atoms with Crippen LogP contribution in [0.1, 0.15) is 40.0 Å². The monoisotopic (exact) mass is 144 g/mol. The Balaban J connectivity index is 2.45. The van der Waals surface area contributed by atoms with Crippen LogP contribution in [0, 0.1) is 11.8 Å². The maximum atomic E-state index is 13.3. The highest BCUT2D eigenvalue weighted by Gasteiger charge is 2.34. The average molecular weight is 144 g/mol. The lowest BCUT2D eigenvalue weighted by atomic mass is 9.91. The molecule has 0 unspecified atom stereocenters. The van der Waals surface area contributed by atoms with Crippen LogP contribution in [-0.2, 0) is 0 Å². The van der Waals surface area contributed by atoms with Gasteiger partial charge in [0, 0.05) is 0 Å². The minimum absolute atomic E-state index is 0.322. The molecule has 0 aliphatic heterocycles. The molecule has 1 rings (SSSR count). The summed E-state index contributed by atoms with van der Waals surface area (Å²) in [4.78, 5) is 0. The normalized spacial score (nSPS) is 34.8. The summed E-state index contributed by atoms with van der Waals surface area (Å²) in [6, 6.07) is 0. The molecule has 0 aromatic heterocycles. The second-order valence-electron chi connectivity index (χ2n) is 4.18. The van der Waals surface area contributed by atoms with Crippen molar-refractivity contribution in [1.29, 1.82) is 0 Å². The molecule has 1 fully saturated rings. The Morgan fingerprint density at radius 1 is 1.30 bits per heavy atom. The van der Waals surface area contributed by atoms with Crippen LogP contribution in [0.25, 0.3) is 0 Å². The van der Waals surface area contributed by atoms with Crippen LogP contribution in [0.4, 0.5) is 4.39 Å². The molecule has 2 atom stereocenters. The zero-order chi connectivity index (χ0) is 7.78. The van der Waals surface area contributed by atoms with E-state index in [2.05, 4.69) is 6.92 Å². The average Bonchev–Trinajstić information content (AvgIpc) is 2.11. The van der Waals surface area contributed by atoms with Crippen molar-refractivity contribution in [3.05, 3.63) is 0 Å². The second-order valence-corrected chi connectivity index (χ2v) is 4.18. The fraction of sp³-hybridized carbons (Fsp3) is 1.00. The summed E-state index contributed by atoms with van der Waals surface area (Å²) >= 11 is 0. The molecule has 1 aliphatic carbocycles. The predicted octanol–water partition coefficient (Wildman–Crippen LogP) is 3.17. The third-order valence-electron chi connectivity index (χ3n) is 2.67. The van der Waals surface area contributed by atoms with Gasteiger partial charge in [0.25, 0.3) is 0 Å². The quantitative estimate of drug-likeness (QED) is 0.530. The lowest BCUT2D eigenvalue weighted by Crippen LogP contribution is -2.23. The number of hydrogen-bond acceptors (Lipinski definition) is 0. The number of rotatable bonds is 1. The van der Waals surface area contributed by atoms with E-state index in [1.165, 1.54) is 6.42 Å². The van der Waals surface area contributed by atoms with Crippen molar-refractivity contribution >= 4 is 0 Å². The van der Waals surface area contributed by atoms with E-state index in [0.29, 0.717) is 5.92 Å². The maximum absolute atomic E-state index is 13.3. The fourth-order valence-electron chi connectivity index (χ4n) is 1.83. The molecule has 0 spiro atoms. The molecule has 0 bridgehead atoms. The summed E-state index contributed by atoms with van der Waals surface area (Å²) in [5.74, 6) is 1.07. The smallest absolute Gasteiger partial charge is 0.108 e. The molecule has 60 valence electrons. The van der Waals surface area contributed by atoms with Crippen molar-refractivity contribution in [3.8, 4) is 0 Å². The molecule has 0 aromatic rings. The van der Waals surface area contributed by atoms with Crippen molar-refractivity contribution < 1.29 is 4.39 Å². The molecule has 0 saturated heterocycles. The van der Waals surface area contributed by atoms with E-state index in [0.717, 1.165) is 18.8 Å². The number of halogens is 1. The topological polar surface area (TPSA) is 0 Å². The van der Waals surface area contributed by atoms with Crippen molar-refractivity contribution in [2.24, 2.45) is 11.8 Å². The summed E-state index contributed by atoms with van der Waals surface area (Å²) in [5, 5.41) is 0. The number of alkyl halides is 1. The highest BCUT2D eigenvalue weighted by Crippen LogP contribution is 2.39. The highest BCUT2D eigenvalue weighted by molar-refractivity contribution is 4.84. The second kappa shape index (κ2) is 2.52. The van der Waals surface area contributed by atoms with Crippen LogP contribution < -0.4 is 0 Å². The van der Waals surface area contributed by atoms with E-state index in [4.69, 9.17) is 0 Å². The summed E-state index contributed by atoms with van der Waals surface area (Å²) in [7, 11) is 0. The molecular formula is C9H17F. The molecule has 0 N–H and O–H groups in total. The van der Waals surface area contributed by atoms with E-state index >= 15 is 0 Å². The van der Waals surface area contributed by atoms with Crippen LogP contribution in [0.5, 0.6) is 0 Å². The van der Waals surface area contributed by atoms with E-state index in [-0.39, 0.29) is 0 Å². The Bertz CT molecular complexity index is 112. The SMILES string of the molecule is C[C@H]1CC[C@@H](C(C)(C)F)C1. The van der Waals surface area contributed by atoms with Crippen molar-refractivity contribution in [1.82, 2.24) is 0 Å². The van der Waals surface area contributed by atoms with Gasteiger partial charge in [-0.15, -0.1) is 0 Å². The largest absolute Gasteiger partial charge is 0.244 e. The summed E-state index contributed by atoms with van der Waals surface area (Å²) in [6.07, 6.45) is 3.40. The highest BCUT2D eigenvalue weighted by atomic mass is 19.1. The molecule has 0 heterocycles. The van der Waals surface area contributed by atoms with Gasteiger partial charge in [-0.3, -0.25) is 0 Å². The van der Waals surface area contributed by atoms with Crippen molar-refractivity contribution in [2.45, 2.75) is 45.7 Å². The first-order chi connectivity index (χ1) is 4.50. The molecule has 0 radical (unpaired) electrons. The zero-order valence-corrected chi connectivity index (χ0v) is 7.15. The van der Waals surface area contributed by atoms with Gasteiger partial charge in [0.2, 0.25) is 0 Å². The summed E-state index contributed by atoms with van der Waals surface area (Å²) in [6.45, 7) is 5.62. The van der Waals surface area contributed by atoms with Crippen molar-refractivity contribution in [3.63, 3.8) is 0 Å². The minimum atomic E-state index is -0.940. The van der Waals surface area contributed by atoms with Gasteiger partial charge < -0.3 is 0 Å². The van der Waals surface area contributed by atoms with Gasteiger partial charge in [-0.2, -0.15) is 0 Å². The molecule has 0 aromatic carbocycles. The van der Waals surface area contributed by atoms with Gasteiger partial charge in [-0.05, 0) is 38.5 Å². The van der Waals surface area contributed by atoms with Crippen LogP contribution in [0.2, 0.25) is 0 Å². The minimum Gasteiger partial charge on any atom is -0.244 e. The molecule has 0 nitrogen and oxygen atoms in total. The van der Waals surface area contributed by atoms with E-state index in [9.17, 15) is 4.39 Å². The Kier molecular flexibility index (Phi) is 2.02. The zero-order valence-electron chi connectivity index (χ0n) is 7.15. The van der Waals surface area contributed by atoms with Gasteiger partial charge in [-0.1, -0.05) is 13.3 Å². The van der Waals surface area contributed by atoms with Crippen molar-refractivity contribution in [2.75, 3.05) is 0 Å². The third kappa shape index (κ3) is 1.71.